The molecular weight excluding hydrogens is 607 g/mol. The van der Waals surface area contributed by atoms with Gasteiger partial charge in [-0.2, -0.15) is 0 Å². The second-order valence-corrected chi connectivity index (χ2v) is 18.4. The molecule has 0 amide bonds. The summed E-state index contributed by atoms with van der Waals surface area (Å²) in [6.45, 7) is 9.84. The standard InChI is InChI=1S/C48H45NO/c1-45(2)21-22-46(3,4)44-36(45)15-10-17-38(44)49(30-19-20-32-31-11-6-8-18-39(31)50-40(32)26-30)37-16-9-14-35-43(37)33-12-5-7-13-34(33)48(35)41-24-28-23-29-25-42(48)47(29,41)27-28/h5-20,26,28-29,41-42H,21-25,27H2,1-4H3. The van der Waals surface area contributed by atoms with Crippen LogP contribution in [-0.4, -0.2) is 0 Å². The molecule has 0 radical (unpaired) electrons. The van der Waals surface area contributed by atoms with Crippen molar-refractivity contribution in [2.75, 3.05) is 4.90 Å². The van der Waals surface area contributed by atoms with Crippen molar-refractivity contribution >= 4 is 39.0 Å². The molecule has 6 atom stereocenters. The fraction of sp³-hybridized carbons (Fsp3) is 0.375. The highest BCUT2D eigenvalue weighted by molar-refractivity contribution is 6.06. The van der Waals surface area contributed by atoms with Gasteiger partial charge in [-0.05, 0) is 137 Å². The Morgan fingerprint density at radius 1 is 0.620 bits per heavy atom. The third-order valence-corrected chi connectivity index (χ3v) is 15.6. The summed E-state index contributed by atoms with van der Waals surface area (Å²) in [7, 11) is 0. The normalized spacial score (nSPS) is 31.2. The highest BCUT2D eigenvalue weighted by Gasteiger charge is 2.84. The van der Waals surface area contributed by atoms with E-state index in [2.05, 4.69) is 136 Å². The third kappa shape index (κ3) is 3.09. The van der Waals surface area contributed by atoms with Gasteiger partial charge in [0.25, 0.3) is 0 Å². The van der Waals surface area contributed by atoms with Crippen molar-refractivity contribution in [2.45, 2.75) is 82.5 Å². The number of anilines is 3. The van der Waals surface area contributed by atoms with E-state index in [1.165, 1.54) is 88.6 Å². The number of hydrogen-bond acceptors (Lipinski definition) is 2. The Morgan fingerprint density at radius 2 is 1.34 bits per heavy atom. The number of benzene rings is 5. The Hall–Kier alpha value is -4.30. The Balaban J connectivity index is 1.15. The predicted molar refractivity (Wildman–Crippen MR) is 205 cm³/mol. The summed E-state index contributed by atoms with van der Waals surface area (Å²) >= 11 is 0. The average molecular weight is 652 g/mol. The van der Waals surface area contributed by atoms with Gasteiger partial charge in [0.05, 0.1) is 11.4 Å². The van der Waals surface area contributed by atoms with Crippen LogP contribution >= 0.6 is 0 Å². The molecule has 2 heteroatoms. The molecule has 0 N–H and O–H groups in total. The molecule has 4 fully saturated rings. The zero-order chi connectivity index (χ0) is 33.4. The highest BCUT2D eigenvalue weighted by Crippen LogP contribution is 2.89. The van der Waals surface area contributed by atoms with Crippen molar-refractivity contribution in [1.29, 1.82) is 0 Å². The summed E-state index contributed by atoms with van der Waals surface area (Å²) in [4.78, 5) is 2.64. The molecule has 5 aromatic carbocycles. The van der Waals surface area contributed by atoms with E-state index < -0.39 is 0 Å². The predicted octanol–water partition coefficient (Wildman–Crippen LogP) is 12.7. The first-order valence-corrected chi connectivity index (χ1v) is 19.3. The van der Waals surface area contributed by atoms with Gasteiger partial charge in [-0.3, -0.25) is 0 Å². The van der Waals surface area contributed by atoms with Crippen LogP contribution in [-0.2, 0) is 16.2 Å². The van der Waals surface area contributed by atoms with Gasteiger partial charge in [0.1, 0.15) is 11.2 Å². The molecule has 0 saturated heterocycles. The third-order valence-electron chi connectivity index (χ3n) is 15.6. The minimum atomic E-state index is 0.0463. The summed E-state index contributed by atoms with van der Waals surface area (Å²) in [5, 5.41) is 2.36. The number of rotatable bonds is 3. The molecule has 6 aliphatic rings. The minimum Gasteiger partial charge on any atom is -0.456 e. The topological polar surface area (TPSA) is 16.4 Å². The number of nitrogens with zero attached hydrogens (tertiary/aromatic N) is 1. The molecule has 1 aromatic heterocycles. The summed E-state index contributed by atoms with van der Waals surface area (Å²) < 4.78 is 6.58. The van der Waals surface area contributed by atoms with Crippen LogP contribution in [0.5, 0.6) is 0 Å². The van der Waals surface area contributed by atoms with Crippen molar-refractivity contribution in [3.05, 3.63) is 125 Å². The van der Waals surface area contributed by atoms with E-state index in [0.717, 1.165) is 34.8 Å². The lowest BCUT2D eigenvalue weighted by molar-refractivity contribution is -0.231. The Bertz CT molecular complexity index is 2460. The van der Waals surface area contributed by atoms with E-state index in [1.54, 1.807) is 11.1 Å². The van der Waals surface area contributed by atoms with Crippen molar-refractivity contribution < 1.29 is 4.42 Å². The molecule has 50 heavy (non-hydrogen) atoms. The lowest BCUT2D eigenvalue weighted by atomic mass is 9.27. The Morgan fingerprint density at radius 3 is 2.22 bits per heavy atom. The maximum atomic E-state index is 6.58. The number of para-hydroxylation sites is 1. The lowest BCUT2D eigenvalue weighted by Gasteiger charge is -2.76. The van der Waals surface area contributed by atoms with Crippen LogP contribution in [0.1, 0.15) is 88.5 Å². The molecule has 2 spiro atoms. The van der Waals surface area contributed by atoms with E-state index in [1.807, 2.05) is 0 Å². The number of hydrogen-bond donors (Lipinski definition) is 0. The first-order valence-electron chi connectivity index (χ1n) is 19.3. The largest absolute Gasteiger partial charge is 0.456 e. The van der Waals surface area contributed by atoms with Gasteiger partial charge in [-0.1, -0.05) is 94.4 Å². The van der Waals surface area contributed by atoms with Gasteiger partial charge in [-0.25, -0.2) is 0 Å². The van der Waals surface area contributed by atoms with Crippen LogP contribution in [0.2, 0.25) is 0 Å². The van der Waals surface area contributed by atoms with Crippen molar-refractivity contribution in [3.63, 3.8) is 0 Å². The molecule has 1 heterocycles. The van der Waals surface area contributed by atoms with Crippen molar-refractivity contribution in [2.24, 2.45) is 29.1 Å². The van der Waals surface area contributed by atoms with E-state index >= 15 is 0 Å². The van der Waals surface area contributed by atoms with E-state index in [0.29, 0.717) is 5.41 Å². The minimum absolute atomic E-state index is 0.0463. The number of furan rings is 1. The molecule has 6 aromatic rings. The zero-order valence-electron chi connectivity index (χ0n) is 29.7. The number of fused-ring (bicyclic) bond motifs is 12. The van der Waals surface area contributed by atoms with Gasteiger partial charge >= 0.3 is 0 Å². The first kappa shape index (κ1) is 28.4. The summed E-state index contributed by atoms with van der Waals surface area (Å²) in [5.41, 5.74) is 15.8. The zero-order valence-corrected chi connectivity index (χ0v) is 29.7. The maximum Gasteiger partial charge on any atom is 0.137 e. The molecule has 0 aliphatic heterocycles. The molecule has 12 rings (SSSR count). The second kappa shape index (κ2) is 8.94. The summed E-state index contributed by atoms with van der Waals surface area (Å²) in [6.07, 6.45) is 8.22. The quantitative estimate of drug-likeness (QED) is 0.189. The lowest BCUT2D eigenvalue weighted by Crippen LogP contribution is -2.73. The molecule has 6 aliphatic carbocycles. The molecular formula is C48H45NO. The van der Waals surface area contributed by atoms with Crippen LogP contribution in [0, 0.1) is 29.1 Å². The van der Waals surface area contributed by atoms with Crippen LogP contribution in [0.25, 0.3) is 33.1 Å². The van der Waals surface area contributed by atoms with E-state index in [9.17, 15) is 0 Å². The van der Waals surface area contributed by atoms with Crippen molar-refractivity contribution in [1.82, 2.24) is 0 Å². The molecule has 2 nitrogen and oxygen atoms in total. The Labute approximate surface area is 295 Å². The van der Waals surface area contributed by atoms with Crippen molar-refractivity contribution in [3.8, 4) is 11.1 Å². The van der Waals surface area contributed by atoms with Gasteiger partial charge in [0, 0.05) is 33.5 Å². The molecule has 6 unspecified atom stereocenters. The fourth-order valence-electron chi connectivity index (χ4n) is 13.7. The molecule has 2 bridgehead atoms. The molecule has 4 saturated carbocycles. The summed E-state index contributed by atoms with van der Waals surface area (Å²) in [5.74, 6) is 3.51. The fourth-order valence-corrected chi connectivity index (χ4v) is 13.7. The smallest absolute Gasteiger partial charge is 0.137 e. The highest BCUT2D eigenvalue weighted by atomic mass is 16.3. The van der Waals surface area contributed by atoms with Gasteiger partial charge < -0.3 is 9.32 Å². The SMILES string of the molecule is CC1(C)CCC(C)(C)c2c(N(c3ccc4c(c3)oc3ccccc34)c3cccc4c3-c3ccccc3C43C4CC5CC6CC3C64C5)cccc21. The average Bonchev–Trinajstić information content (AvgIpc) is 3.84. The van der Waals surface area contributed by atoms with Gasteiger partial charge in [0.2, 0.25) is 0 Å². The van der Waals surface area contributed by atoms with E-state index in [4.69, 9.17) is 4.42 Å². The van der Waals surface area contributed by atoms with Crippen LogP contribution in [0.3, 0.4) is 0 Å². The monoisotopic (exact) mass is 651 g/mol. The maximum absolute atomic E-state index is 6.58. The van der Waals surface area contributed by atoms with Crippen LogP contribution in [0.4, 0.5) is 17.1 Å². The van der Waals surface area contributed by atoms with Gasteiger partial charge in [-0.15, -0.1) is 0 Å². The Kier molecular flexibility index (Phi) is 5.08. The first-order chi connectivity index (χ1) is 24.2. The van der Waals surface area contributed by atoms with Crippen LogP contribution in [0.15, 0.2) is 108 Å². The summed E-state index contributed by atoms with van der Waals surface area (Å²) in [6, 6.07) is 39.5. The van der Waals surface area contributed by atoms with E-state index in [-0.39, 0.29) is 16.2 Å². The second-order valence-electron chi connectivity index (χ2n) is 18.4. The van der Waals surface area contributed by atoms with Gasteiger partial charge in [0.15, 0.2) is 0 Å². The van der Waals surface area contributed by atoms with Crippen LogP contribution < -0.4 is 4.90 Å². The molecule has 248 valence electrons.